The molecular weight excluding hydrogens is 329 g/mol. The van der Waals surface area contributed by atoms with Crippen molar-refractivity contribution in [3.05, 3.63) is 65.7 Å². The Balaban J connectivity index is 2.26. The van der Waals surface area contributed by atoms with Gasteiger partial charge < -0.3 is 10.6 Å². The Hall–Kier alpha value is -2.50. The molecule has 0 aromatic heterocycles. The van der Waals surface area contributed by atoms with E-state index in [4.69, 9.17) is 0 Å². The predicted molar refractivity (Wildman–Crippen MR) is 92.1 cm³/mol. The van der Waals surface area contributed by atoms with Crippen LogP contribution in [0, 0.1) is 0 Å². The van der Waals surface area contributed by atoms with Gasteiger partial charge in [-0.05, 0) is 50.6 Å². The number of carbonyl (C=O) groups is 1. The number of alkyl halides is 3. The first-order valence-corrected chi connectivity index (χ1v) is 7.87. The summed E-state index contributed by atoms with van der Waals surface area (Å²) in [6.07, 6.45) is -4.39. The van der Waals surface area contributed by atoms with Crippen molar-refractivity contribution in [1.82, 2.24) is 5.32 Å². The largest absolute Gasteiger partial charge is 0.416 e. The smallest absolute Gasteiger partial charge is 0.370 e. The van der Waals surface area contributed by atoms with Gasteiger partial charge in [-0.1, -0.05) is 30.3 Å². The lowest BCUT2D eigenvalue weighted by Gasteiger charge is -2.26. The van der Waals surface area contributed by atoms with Crippen LogP contribution in [-0.2, 0) is 11.0 Å². The van der Waals surface area contributed by atoms with E-state index in [0.717, 1.165) is 17.7 Å². The molecule has 6 heteroatoms. The zero-order valence-corrected chi connectivity index (χ0v) is 14.3. The second-order valence-corrected chi connectivity index (χ2v) is 6.80. The molecule has 0 spiro atoms. The van der Waals surface area contributed by atoms with Gasteiger partial charge in [0.05, 0.1) is 5.56 Å². The number of hydrogen-bond donors (Lipinski definition) is 2. The maximum absolute atomic E-state index is 12.7. The van der Waals surface area contributed by atoms with E-state index in [1.807, 2.05) is 26.8 Å². The summed E-state index contributed by atoms with van der Waals surface area (Å²) in [6, 6.07) is 13.0. The van der Waals surface area contributed by atoms with Crippen LogP contribution in [0.1, 0.15) is 37.9 Å². The summed E-state index contributed by atoms with van der Waals surface area (Å²) in [6.45, 7) is 5.60. The highest BCUT2D eigenvalue weighted by Crippen LogP contribution is 2.30. The maximum atomic E-state index is 12.7. The fraction of sp³-hybridized carbons (Fsp3) is 0.316. The Morgan fingerprint density at radius 2 is 1.48 bits per heavy atom. The summed E-state index contributed by atoms with van der Waals surface area (Å²) in [5, 5.41) is 5.91. The van der Waals surface area contributed by atoms with Crippen molar-refractivity contribution in [3.63, 3.8) is 0 Å². The third-order valence-electron chi connectivity index (χ3n) is 3.42. The lowest BCUT2D eigenvalue weighted by molar-refractivity contribution is -0.137. The average Bonchev–Trinajstić information content (AvgIpc) is 2.51. The van der Waals surface area contributed by atoms with Gasteiger partial charge in [-0.15, -0.1) is 0 Å². The second kappa shape index (κ2) is 7.17. The predicted octanol–water partition coefficient (Wildman–Crippen LogP) is 4.77. The van der Waals surface area contributed by atoms with E-state index in [9.17, 15) is 18.0 Å². The molecule has 25 heavy (non-hydrogen) atoms. The first-order valence-electron chi connectivity index (χ1n) is 7.87. The van der Waals surface area contributed by atoms with Gasteiger partial charge in [0.25, 0.3) is 0 Å². The Morgan fingerprint density at radius 3 is 1.96 bits per heavy atom. The molecule has 1 amide bonds. The number of halogens is 3. The molecule has 0 radical (unpaired) electrons. The van der Waals surface area contributed by atoms with Crippen molar-refractivity contribution in [1.29, 1.82) is 0 Å². The van der Waals surface area contributed by atoms with E-state index in [1.54, 1.807) is 24.3 Å². The third-order valence-corrected chi connectivity index (χ3v) is 3.42. The summed E-state index contributed by atoms with van der Waals surface area (Å²) < 4.78 is 38.0. The van der Waals surface area contributed by atoms with Crippen LogP contribution in [0.3, 0.4) is 0 Å². The molecule has 0 saturated heterocycles. The topological polar surface area (TPSA) is 41.1 Å². The Morgan fingerprint density at radius 1 is 0.920 bits per heavy atom. The fourth-order valence-corrected chi connectivity index (χ4v) is 2.31. The average molecular weight is 350 g/mol. The van der Waals surface area contributed by atoms with Crippen molar-refractivity contribution in [2.75, 3.05) is 5.32 Å². The highest BCUT2D eigenvalue weighted by Gasteiger charge is 2.30. The fourth-order valence-electron chi connectivity index (χ4n) is 2.31. The molecule has 2 aromatic rings. The molecule has 0 bridgehead atoms. The monoisotopic (exact) mass is 350 g/mol. The third kappa shape index (κ3) is 5.52. The molecule has 3 nitrogen and oxygen atoms in total. The van der Waals surface area contributed by atoms with Crippen LogP contribution >= 0.6 is 0 Å². The summed E-state index contributed by atoms with van der Waals surface area (Å²) in [7, 11) is 0. The van der Waals surface area contributed by atoms with E-state index in [0.29, 0.717) is 5.69 Å². The molecule has 2 aromatic carbocycles. The quantitative estimate of drug-likeness (QED) is 0.834. The molecule has 1 atom stereocenters. The molecule has 2 N–H and O–H groups in total. The maximum Gasteiger partial charge on any atom is 0.416 e. The van der Waals surface area contributed by atoms with Gasteiger partial charge in [-0.25, -0.2) is 0 Å². The van der Waals surface area contributed by atoms with Crippen molar-refractivity contribution in [2.24, 2.45) is 0 Å². The van der Waals surface area contributed by atoms with Gasteiger partial charge >= 0.3 is 6.18 Å². The Kier molecular flexibility index (Phi) is 5.40. The number of amides is 1. The molecule has 0 heterocycles. The van der Waals surface area contributed by atoms with E-state index >= 15 is 0 Å². The number of carbonyl (C=O) groups excluding carboxylic acids is 1. The van der Waals surface area contributed by atoms with E-state index in [1.165, 1.54) is 12.1 Å². The Labute approximate surface area is 145 Å². The molecule has 0 aliphatic heterocycles. The minimum atomic E-state index is -4.39. The first kappa shape index (κ1) is 18.8. The van der Waals surface area contributed by atoms with Crippen molar-refractivity contribution in [3.8, 4) is 0 Å². The van der Waals surface area contributed by atoms with Crippen molar-refractivity contribution in [2.45, 2.75) is 38.5 Å². The summed E-state index contributed by atoms with van der Waals surface area (Å²) in [5.74, 6) is -0.251. The molecule has 0 saturated carbocycles. The molecule has 2 rings (SSSR count). The van der Waals surface area contributed by atoms with Gasteiger partial charge in [-0.2, -0.15) is 13.2 Å². The van der Waals surface area contributed by atoms with Crippen LogP contribution in [0.15, 0.2) is 54.6 Å². The van der Waals surface area contributed by atoms with Crippen LogP contribution in [0.2, 0.25) is 0 Å². The van der Waals surface area contributed by atoms with Crippen molar-refractivity contribution >= 4 is 11.6 Å². The van der Waals surface area contributed by atoms with Gasteiger partial charge in [0, 0.05) is 11.2 Å². The highest BCUT2D eigenvalue weighted by molar-refractivity contribution is 5.86. The minimum Gasteiger partial charge on any atom is -0.370 e. The standard InChI is InChI=1S/C19H21F3N2O/c1-18(2,3)24-17(25)16(13-7-5-4-6-8-13)23-15-11-9-14(10-12-15)19(20,21)22/h4-12,16,23H,1-3H3,(H,24,25). The molecule has 0 fully saturated rings. The van der Waals surface area contributed by atoms with Gasteiger partial charge in [-0.3, -0.25) is 4.79 Å². The molecule has 1 unspecified atom stereocenters. The van der Waals surface area contributed by atoms with E-state index in [2.05, 4.69) is 10.6 Å². The van der Waals surface area contributed by atoms with Crippen LogP contribution in [0.5, 0.6) is 0 Å². The van der Waals surface area contributed by atoms with Crippen LogP contribution in [0.4, 0.5) is 18.9 Å². The van der Waals surface area contributed by atoms with E-state index < -0.39 is 23.3 Å². The summed E-state index contributed by atoms with van der Waals surface area (Å²) in [5.41, 5.74) is 0.00914. The molecular formula is C19H21F3N2O. The number of nitrogens with one attached hydrogen (secondary N) is 2. The number of hydrogen-bond acceptors (Lipinski definition) is 2. The van der Waals surface area contributed by atoms with Crippen LogP contribution in [-0.4, -0.2) is 11.4 Å². The van der Waals surface area contributed by atoms with E-state index in [-0.39, 0.29) is 5.91 Å². The molecule has 0 aliphatic carbocycles. The number of benzene rings is 2. The zero-order valence-electron chi connectivity index (χ0n) is 14.3. The number of anilines is 1. The lowest BCUT2D eigenvalue weighted by Crippen LogP contribution is -2.44. The normalized spacial score (nSPS) is 13.2. The molecule has 134 valence electrons. The second-order valence-electron chi connectivity index (χ2n) is 6.80. The minimum absolute atomic E-state index is 0.251. The number of rotatable bonds is 4. The van der Waals surface area contributed by atoms with Crippen LogP contribution < -0.4 is 10.6 Å². The van der Waals surface area contributed by atoms with Gasteiger partial charge in [0.1, 0.15) is 6.04 Å². The first-order chi connectivity index (χ1) is 11.6. The van der Waals surface area contributed by atoms with Gasteiger partial charge in [0.2, 0.25) is 5.91 Å². The molecule has 0 aliphatic rings. The zero-order chi connectivity index (χ0) is 18.7. The SMILES string of the molecule is CC(C)(C)NC(=O)C(Nc1ccc(C(F)(F)F)cc1)c1ccccc1. The summed E-state index contributed by atoms with van der Waals surface area (Å²) >= 11 is 0. The van der Waals surface area contributed by atoms with Crippen molar-refractivity contribution < 1.29 is 18.0 Å². The Bertz CT molecular complexity index is 704. The van der Waals surface area contributed by atoms with Gasteiger partial charge in [0.15, 0.2) is 0 Å². The summed E-state index contributed by atoms with van der Waals surface area (Å²) in [4.78, 5) is 12.6. The van der Waals surface area contributed by atoms with Crippen LogP contribution in [0.25, 0.3) is 0 Å². The highest BCUT2D eigenvalue weighted by atomic mass is 19.4. The lowest BCUT2D eigenvalue weighted by atomic mass is 10.0.